The minimum absolute atomic E-state index is 0.00547. The molecule has 1 fully saturated rings. The Morgan fingerprint density at radius 1 is 1.55 bits per heavy atom. The number of aromatic hydroxyl groups is 1. The highest BCUT2D eigenvalue weighted by molar-refractivity contribution is 5.79. The van der Waals surface area contributed by atoms with Gasteiger partial charge in [0.2, 0.25) is 5.91 Å². The number of ether oxygens (including phenoxy) is 1. The zero-order chi connectivity index (χ0) is 14.5. The summed E-state index contributed by atoms with van der Waals surface area (Å²) >= 11 is 0. The van der Waals surface area contributed by atoms with Crippen molar-refractivity contribution in [1.82, 2.24) is 4.90 Å². The second-order valence-corrected chi connectivity index (χ2v) is 5.12. The molecule has 4 nitrogen and oxygen atoms in total. The Morgan fingerprint density at radius 3 is 3.05 bits per heavy atom. The quantitative estimate of drug-likeness (QED) is 0.897. The summed E-state index contributed by atoms with van der Waals surface area (Å²) in [5, 5.41) is 9.12. The lowest BCUT2D eigenvalue weighted by molar-refractivity contribution is -0.129. The number of rotatable bonds is 5. The molecule has 0 saturated carbocycles. The molecule has 2 rings (SSSR count). The van der Waals surface area contributed by atoms with Crippen molar-refractivity contribution in [2.45, 2.75) is 19.8 Å². The van der Waals surface area contributed by atoms with Crippen molar-refractivity contribution < 1.29 is 19.0 Å². The molecule has 1 N–H and O–H groups in total. The molecular weight excluding hydrogens is 261 g/mol. The summed E-state index contributed by atoms with van der Waals surface area (Å²) in [4.78, 5) is 13.9. The van der Waals surface area contributed by atoms with E-state index in [-0.39, 0.29) is 18.1 Å². The van der Waals surface area contributed by atoms with Gasteiger partial charge in [0.15, 0.2) is 11.6 Å². The number of likely N-dealkylation sites (tertiary alicyclic amines) is 1. The minimum Gasteiger partial charge on any atom is -0.505 e. The SMILES string of the molecule is CCOC[C@H]1CCN(C(=O)Cc2ccc(O)c(F)c2)C1. The van der Waals surface area contributed by atoms with E-state index in [4.69, 9.17) is 9.84 Å². The molecule has 0 radical (unpaired) electrons. The lowest BCUT2D eigenvalue weighted by atomic mass is 10.1. The largest absolute Gasteiger partial charge is 0.505 e. The fourth-order valence-electron chi connectivity index (χ4n) is 2.43. The molecule has 1 heterocycles. The highest BCUT2D eigenvalue weighted by Crippen LogP contribution is 2.20. The van der Waals surface area contributed by atoms with E-state index < -0.39 is 5.82 Å². The maximum atomic E-state index is 13.2. The first-order valence-electron chi connectivity index (χ1n) is 6.93. The lowest BCUT2D eigenvalue weighted by Crippen LogP contribution is -2.30. The zero-order valence-corrected chi connectivity index (χ0v) is 11.6. The third kappa shape index (κ3) is 3.70. The van der Waals surface area contributed by atoms with Gasteiger partial charge in [0.25, 0.3) is 0 Å². The molecule has 0 spiro atoms. The van der Waals surface area contributed by atoms with Crippen LogP contribution in [0.1, 0.15) is 18.9 Å². The van der Waals surface area contributed by atoms with Gasteiger partial charge in [0, 0.05) is 25.6 Å². The average Bonchev–Trinajstić information content (AvgIpc) is 2.89. The summed E-state index contributed by atoms with van der Waals surface area (Å²) in [5.41, 5.74) is 0.582. The predicted octanol–water partition coefficient (Wildman–Crippen LogP) is 1.96. The zero-order valence-electron chi connectivity index (χ0n) is 11.6. The molecule has 0 bridgehead atoms. The number of phenolic OH excluding ortho intramolecular Hbond substituents is 1. The van der Waals surface area contributed by atoms with Crippen LogP contribution in [0.3, 0.4) is 0 Å². The van der Waals surface area contributed by atoms with Gasteiger partial charge in [-0.05, 0) is 31.0 Å². The first-order chi connectivity index (χ1) is 9.60. The van der Waals surface area contributed by atoms with Gasteiger partial charge in [-0.1, -0.05) is 6.07 Å². The van der Waals surface area contributed by atoms with E-state index >= 15 is 0 Å². The van der Waals surface area contributed by atoms with Gasteiger partial charge in [-0.25, -0.2) is 4.39 Å². The molecule has 1 aliphatic heterocycles. The molecule has 1 aromatic carbocycles. The van der Waals surface area contributed by atoms with Gasteiger partial charge in [-0.3, -0.25) is 4.79 Å². The van der Waals surface area contributed by atoms with Crippen LogP contribution in [-0.4, -0.2) is 42.2 Å². The fourth-order valence-corrected chi connectivity index (χ4v) is 2.43. The Bertz CT molecular complexity index is 478. The van der Waals surface area contributed by atoms with Crippen molar-refractivity contribution in [1.29, 1.82) is 0 Å². The summed E-state index contributed by atoms with van der Waals surface area (Å²) in [6.45, 7) is 4.78. The van der Waals surface area contributed by atoms with E-state index in [1.54, 1.807) is 11.0 Å². The second-order valence-electron chi connectivity index (χ2n) is 5.12. The predicted molar refractivity (Wildman–Crippen MR) is 72.9 cm³/mol. The number of amides is 1. The molecule has 1 atom stereocenters. The number of nitrogens with zero attached hydrogens (tertiary/aromatic N) is 1. The lowest BCUT2D eigenvalue weighted by Gasteiger charge is -2.16. The van der Waals surface area contributed by atoms with Crippen LogP contribution in [0.25, 0.3) is 0 Å². The van der Waals surface area contributed by atoms with E-state index in [2.05, 4.69) is 0 Å². The molecule has 1 saturated heterocycles. The van der Waals surface area contributed by atoms with Gasteiger partial charge >= 0.3 is 0 Å². The van der Waals surface area contributed by atoms with E-state index in [0.717, 1.165) is 13.0 Å². The van der Waals surface area contributed by atoms with Crippen molar-refractivity contribution in [3.05, 3.63) is 29.6 Å². The average molecular weight is 281 g/mol. The van der Waals surface area contributed by atoms with Gasteiger partial charge in [0.05, 0.1) is 13.0 Å². The Labute approximate surface area is 118 Å². The fraction of sp³-hybridized carbons (Fsp3) is 0.533. The van der Waals surface area contributed by atoms with Crippen LogP contribution in [0.15, 0.2) is 18.2 Å². The monoisotopic (exact) mass is 281 g/mol. The Morgan fingerprint density at radius 2 is 2.35 bits per heavy atom. The number of hydrogen-bond acceptors (Lipinski definition) is 3. The summed E-state index contributed by atoms with van der Waals surface area (Å²) in [5.74, 6) is -0.686. The van der Waals surface area contributed by atoms with Crippen LogP contribution in [-0.2, 0) is 16.0 Å². The summed E-state index contributed by atoms with van der Waals surface area (Å²) < 4.78 is 18.6. The Hall–Kier alpha value is -1.62. The molecule has 110 valence electrons. The molecule has 1 aromatic rings. The summed E-state index contributed by atoms with van der Waals surface area (Å²) in [6.07, 6.45) is 1.12. The van der Waals surface area contributed by atoms with Gasteiger partial charge in [0.1, 0.15) is 0 Å². The van der Waals surface area contributed by atoms with Crippen LogP contribution in [0.4, 0.5) is 4.39 Å². The summed E-state index contributed by atoms with van der Waals surface area (Å²) in [7, 11) is 0. The number of carbonyl (C=O) groups excluding carboxylic acids is 1. The van der Waals surface area contributed by atoms with Gasteiger partial charge < -0.3 is 14.7 Å². The van der Waals surface area contributed by atoms with Crippen molar-refractivity contribution in [3.8, 4) is 5.75 Å². The number of hydrogen-bond donors (Lipinski definition) is 1. The van der Waals surface area contributed by atoms with Crippen molar-refractivity contribution in [3.63, 3.8) is 0 Å². The molecule has 20 heavy (non-hydrogen) atoms. The van der Waals surface area contributed by atoms with Gasteiger partial charge in [-0.15, -0.1) is 0 Å². The molecule has 1 aliphatic rings. The molecule has 1 amide bonds. The van der Waals surface area contributed by atoms with E-state index in [1.165, 1.54) is 12.1 Å². The van der Waals surface area contributed by atoms with Gasteiger partial charge in [-0.2, -0.15) is 0 Å². The Balaban J connectivity index is 1.87. The van der Waals surface area contributed by atoms with Crippen LogP contribution in [0, 0.1) is 11.7 Å². The molecular formula is C15H20FNO3. The molecule has 0 unspecified atom stereocenters. The standard InChI is InChI=1S/C15H20FNO3/c1-2-20-10-12-5-6-17(9-12)15(19)8-11-3-4-14(18)13(16)7-11/h3-4,7,12,18H,2,5-6,8-10H2,1H3/t12-/m0/s1. The molecule has 0 aromatic heterocycles. The van der Waals surface area contributed by atoms with Crippen LogP contribution >= 0.6 is 0 Å². The van der Waals surface area contributed by atoms with Crippen molar-refractivity contribution in [2.24, 2.45) is 5.92 Å². The normalized spacial score (nSPS) is 18.5. The maximum absolute atomic E-state index is 13.2. The van der Waals surface area contributed by atoms with E-state index in [1.807, 2.05) is 6.92 Å². The van der Waals surface area contributed by atoms with Crippen molar-refractivity contribution >= 4 is 5.91 Å². The number of halogens is 1. The summed E-state index contributed by atoms with van der Waals surface area (Å²) in [6, 6.07) is 4.06. The van der Waals surface area contributed by atoms with Crippen molar-refractivity contribution in [2.75, 3.05) is 26.3 Å². The van der Waals surface area contributed by atoms with Crippen LogP contribution in [0.2, 0.25) is 0 Å². The Kier molecular flexibility index (Phi) is 4.95. The molecule has 0 aliphatic carbocycles. The van der Waals surface area contributed by atoms with Crippen LogP contribution < -0.4 is 0 Å². The van der Waals surface area contributed by atoms with E-state index in [0.29, 0.717) is 31.2 Å². The highest BCUT2D eigenvalue weighted by Gasteiger charge is 2.26. The smallest absolute Gasteiger partial charge is 0.227 e. The third-order valence-corrected chi connectivity index (χ3v) is 3.56. The first-order valence-corrected chi connectivity index (χ1v) is 6.93. The maximum Gasteiger partial charge on any atom is 0.227 e. The number of carbonyl (C=O) groups is 1. The minimum atomic E-state index is -0.689. The molecule has 5 heteroatoms. The highest BCUT2D eigenvalue weighted by atomic mass is 19.1. The number of benzene rings is 1. The topological polar surface area (TPSA) is 49.8 Å². The second kappa shape index (κ2) is 6.70. The third-order valence-electron chi connectivity index (χ3n) is 3.56. The first kappa shape index (κ1) is 14.8. The van der Waals surface area contributed by atoms with E-state index in [9.17, 15) is 9.18 Å². The van der Waals surface area contributed by atoms with Crippen LogP contribution in [0.5, 0.6) is 5.75 Å². The number of phenols is 1.